The van der Waals surface area contributed by atoms with Gasteiger partial charge in [-0.1, -0.05) is 18.2 Å². The summed E-state index contributed by atoms with van der Waals surface area (Å²) in [6.45, 7) is 2.05. The minimum atomic E-state index is -4.19. The van der Waals surface area contributed by atoms with E-state index in [1.54, 1.807) is 31.2 Å². The molecule has 0 aliphatic carbocycles. The van der Waals surface area contributed by atoms with E-state index < -0.39 is 15.5 Å². The number of rotatable bonds is 2. The molecule has 0 unspecified atom stereocenters. The maximum absolute atomic E-state index is 10.8. The van der Waals surface area contributed by atoms with Crippen molar-refractivity contribution in [1.82, 2.24) is 0 Å². The quantitative estimate of drug-likeness (QED) is 0.387. The van der Waals surface area contributed by atoms with Crippen molar-refractivity contribution in [2.45, 2.75) is 6.92 Å². The number of halogens is 1. The summed E-state index contributed by atoms with van der Waals surface area (Å²) >= 11 is 0. The van der Waals surface area contributed by atoms with Gasteiger partial charge in [-0.05, 0) is 19.1 Å². The van der Waals surface area contributed by atoms with Crippen molar-refractivity contribution >= 4 is 26.2 Å². The molecule has 6 nitrogen and oxygen atoms in total. The third-order valence-corrected chi connectivity index (χ3v) is 1.21. The molecule has 0 bridgehead atoms. The van der Waals surface area contributed by atoms with Crippen LogP contribution in [0, 0.1) is 0 Å². The highest BCUT2D eigenvalue weighted by molar-refractivity contribution is 8.09. The smallest absolute Gasteiger partial charge is 0.434 e. The summed E-state index contributed by atoms with van der Waals surface area (Å²) in [4.78, 5) is 10.8. The van der Waals surface area contributed by atoms with Gasteiger partial charge in [0.1, 0.15) is 5.75 Å². The van der Waals surface area contributed by atoms with Gasteiger partial charge in [-0.15, -0.1) is 0 Å². The molecule has 8 heteroatoms. The molecule has 0 spiro atoms. The Morgan fingerprint density at radius 2 is 1.82 bits per heavy atom. The molecular weight excluding hydrogens is 272 g/mol. The van der Waals surface area contributed by atoms with E-state index in [2.05, 4.69) is 15.4 Å². The van der Waals surface area contributed by atoms with E-state index in [4.69, 9.17) is 17.7 Å². The van der Waals surface area contributed by atoms with Crippen LogP contribution in [0.1, 0.15) is 6.92 Å². The van der Waals surface area contributed by atoms with Gasteiger partial charge in [0, 0.05) is 10.7 Å². The van der Waals surface area contributed by atoms with E-state index in [1.165, 1.54) is 0 Å². The summed E-state index contributed by atoms with van der Waals surface area (Å²) in [7, 11) is -0.137. The molecule has 0 amide bonds. The lowest BCUT2D eigenvalue weighted by Gasteiger charge is -2.02. The molecule has 17 heavy (non-hydrogen) atoms. The van der Waals surface area contributed by atoms with Crippen LogP contribution >= 0.6 is 10.7 Å². The van der Waals surface area contributed by atoms with Crippen LogP contribution in [0.3, 0.4) is 0 Å². The Morgan fingerprint density at radius 1 is 1.35 bits per heavy atom. The van der Waals surface area contributed by atoms with Gasteiger partial charge in [0.05, 0.1) is 6.61 Å². The Kier molecular flexibility index (Phi) is 7.27. The Hall–Kier alpha value is -1.31. The molecule has 96 valence electrons. The fourth-order valence-electron chi connectivity index (χ4n) is 0.732. The summed E-state index contributed by atoms with van der Waals surface area (Å²) in [6, 6.07) is 8.80. The fourth-order valence-corrected chi connectivity index (χ4v) is 0.732. The summed E-state index contributed by atoms with van der Waals surface area (Å²) < 4.78 is 34.5. The molecule has 0 fully saturated rings. The summed E-state index contributed by atoms with van der Waals surface area (Å²) in [5.41, 5.74) is 0. The van der Waals surface area contributed by atoms with Gasteiger partial charge in [-0.2, -0.15) is 8.42 Å². The van der Waals surface area contributed by atoms with Gasteiger partial charge < -0.3 is 9.47 Å². The zero-order chi connectivity index (χ0) is 13.3. The second kappa shape index (κ2) is 7.88. The summed E-state index contributed by atoms with van der Waals surface area (Å²) in [6.07, 6.45) is -0.663. The van der Waals surface area contributed by atoms with Crippen molar-refractivity contribution in [3.8, 4) is 5.75 Å². The molecule has 0 saturated carbocycles. The first-order chi connectivity index (χ1) is 7.83. The lowest BCUT2D eigenvalue weighted by Crippen LogP contribution is -2.09. The Labute approximate surface area is 103 Å². The predicted molar refractivity (Wildman–Crippen MR) is 61.5 cm³/mol. The molecule has 0 radical (unpaired) electrons. The first-order valence-electron chi connectivity index (χ1n) is 4.39. The standard InChI is InChI=1S/C9H10O3.ClHO3S/c1-2-11-9(10)12-8-6-4-3-5-7-8;1-5(2,3)4/h3-7H,2H2,1H3;(H,2,3,4). The highest BCUT2D eigenvalue weighted by Crippen LogP contribution is 2.08. The molecule has 1 aromatic carbocycles. The summed E-state index contributed by atoms with van der Waals surface area (Å²) in [5, 5.41) is 0. The molecule has 0 aliphatic heterocycles. The van der Waals surface area contributed by atoms with E-state index in [0.717, 1.165) is 0 Å². The van der Waals surface area contributed by atoms with Crippen molar-refractivity contribution in [3.05, 3.63) is 30.3 Å². The molecule has 0 atom stereocenters. The molecule has 0 saturated heterocycles. The average Bonchev–Trinajstić information content (AvgIpc) is 2.16. The number of ether oxygens (including phenoxy) is 2. The molecule has 0 heterocycles. The normalized spacial score (nSPS) is 9.82. The van der Waals surface area contributed by atoms with Crippen molar-refractivity contribution in [1.29, 1.82) is 0 Å². The van der Waals surface area contributed by atoms with Crippen LogP contribution in [-0.2, 0) is 14.1 Å². The van der Waals surface area contributed by atoms with Crippen LogP contribution in [-0.4, -0.2) is 25.7 Å². The van der Waals surface area contributed by atoms with Gasteiger partial charge in [0.25, 0.3) is 0 Å². The Bertz CT molecular complexity index is 422. The lowest BCUT2D eigenvalue weighted by atomic mass is 10.3. The Morgan fingerprint density at radius 3 is 2.24 bits per heavy atom. The molecule has 1 rings (SSSR count). The molecular formula is C9H11ClO6S. The fraction of sp³-hybridized carbons (Fsp3) is 0.222. The second-order valence-electron chi connectivity index (χ2n) is 2.51. The zero-order valence-electron chi connectivity index (χ0n) is 8.87. The predicted octanol–water partition coefficient (Wildman–Crippen LogP) is 2.25. The van der Waals surface area contributed by atoms with Crippen LogP contribution < -0.4 is 4.74 Å². The van der Waals surface area contributed by atoms with E-state index >= 15 is 0 Å². The van der Waals surface area contributed by atoms with Crippen molar-refractivity contribution in [2.24, 2.45) is 0 Å². The summed E-state index contributed by atoms with van der Waals surface area (Å²) in [5.74, 6) is 0.496. The molecule has 0 aromatic heterocycles. The maximum atomic E-state index is 10.8. The van der Waals surface area contributed by atoms with E-state index in [0.29, 0.717) is 12.4 Å². The SMILES string of the molecule is CCOC(=O)Oc1ccccc1.O=S(=O)(O)Cl. The largest absolute Gasteiger partial charge is 0.513 e. The number of para-hydroxylation sites is 1. The van der Waals surface area contributed by atoms with Crippen molar-refractivity contribution < 1.29 is 27.2 Å². The van der Waals surface area contributed by atoms with Crippen LogP contribution in [0.15, 0.2) is 30.3 Å². The average molecular weight is 283 g/mol. The number of carbonyl (C=O) groups excluding carboxylic acids is 1. The molecule has 1 aromatic rings. The van der Waals surface area contributed by atoms with Crippen molar-refractivity contribution in [3.63, 3.8) is 0 Å². The monoisotopic (exact) mass is 282 g/mol. The Balaban J connectivity index is 0.000000437. The van der Waals surface area contributed by atoms with E-state index in [9.17, 15) is 4.79 Å². The number of hydrogen-bond donors (Lipinski definition) is 1. The number of benzene rings is 1. The minimum Gasteiger partial charge on any atom is -0.434 e. The van der Waals surface area contributed by atoms with Crippen LogP contribution in [0.25, 0.3) is 0 Å². The highest BCUT2D eigenvalue weighted by atomic mass is 35.7. The highest BCUT2D eigenvalue weighted by Gasteiger charge is 2.02. The maximum Gasteiger partial charge on any atom is 0.513 e. The van der Waals surface area contributed by atoms with Crippen LogP contribution in [0.5, 0.6) is 5.75 Å². The minimum absolute atomic E-state index is 0.325. The van der Waals surface area contributed by atoms with Gasteiger partial charge >= 0.3 is 15.5 Å². The van der Waals surface area contributed by atoms with Crippen LogP contribution in [0.4, 0.5) is 4.79 Å². The van der Waals surface area contributed by atoms with Crippen molar-refractivity contribution in [2.75, 3.05) is 6.61 Å². The first kappa shape index (κ1) is 15.7. The second-order valence-corrected chi connectivity index (χ2v) is 4.50. The van der Waals surface area contributed by atoms with E-state index in [1.807, 2.05) is 6.07 Å². The zero-order valence-corrected chi connectivity index (χ0v) is 10.4. The van der Waals surface area contributed by atoms with Gasteiger partial charge in [0.2, 0.25) is 0 Å². The molecule has 1 N–H and O–H groups in total. The van der Waals surface area contributed by atoms with Gasteiger partial charge in [0.15, 0.2) is 0 Å². The van der Waals surface area contributed by atoms with E-state index in [-0.39, 0.29) is 0 Å². The topological polar surface area (TPSA) is 89.9 Å². The van der Waals surface area contributed by atoms with Crippen LogP contribution in [0.2, 0.25) is 0 Å². The third kappa shape index (κ3) is 12.6. The lowest BCUT2D eigenvalue weighted by molar-refractivity contribution is 0.104. The molecule has 0 aliphatic rings. The van der Waals surface area contributed by atoms with Gasteiger partial charge in [-0.25, -0.2) is 4.79 Å². The number of carbonyl (C=O) groups is 1. The number of hydrogen-bond acceptors (Lipinski definition) is 5. The van der Waals surface area contributed by atoms with Gasteiger partial charge in [-0.3, -0.25) is 4.55 Å². The third-order valence-electron chi connectivity index (χ3n) is 1.21. The first-order valence-corrected chi connectivity index (χ1v) is 6.66.